The number of carbonyl (C=O) groups excluding carboxylic acids is 3. The van der Waals surface area contributed by atoms with Gasteiger partial charge in [-0.15, -0.1) is 11.6 Å². The summed E-state index contributed by atoms with van der Waals surface area (Å²) in [5.41, 5.74) is 0.856. The topological polar surface area (TPSA) is 63.7 Å². The van der Waals surface area contributed by atoms with E-state index in [-0.39, 0.29) is 36.7 Å². The van der Waals surface area contributed by atoms with Crippen molar-refractivity contribution >= 4 is 46.5 Å². The van der Waals surface area contributed by atoms with Gasteiger partial charge in [0.25, 0.3) is 0 Å². The molecule has 0 aliphatic carbocycles. The lowest BCUT2D eigenvalue weighted by molar-refractivity contribution is -0.151. The van der Waals surface area contributed by atoms with E-state index in [0.717, 1.165) is 12.1 Å². The number of ether oxygens (including phenoxy) is 1. The number of halogens is 3. The Balaban J connectivity index is 1.68. The molecule has 0 spiro atoms. The average molecular weight is 438 g/mol. The van der Waals surface area contributed by atoms with Crippen molar-refractivity contribution in [3.05, 3.63) is 64.9 Å². The summed E-state index contributed by atoms with van der Waals surface area (Å²) in [7, 11) is 0. The third-order valence-corrected chi connectivity index (χ3v) is 5.12. The first kappa shape index (κ1) is 21.3. The van der Waals surface area contributed by atoms with Gasteiger partial charge in [-0.05, 0) is 48.5 Å². The van der Waals surface area contributed by atoms with Crippen LogP contribution in [0.25, 0.3) is 0 Å². The number of hydrogen-bond donors (Lipinski definition) is 0. The fourth-order valence-corrected chi connectivity index (χ4v) is 3.44. The van der Waals surface area contributed by atoms with Crippen LogP contribution in [0.5, 0.6) is 0 Å². The Morgan fingerprint density at radius 1 is 1.14 bits per heavy atom. The Morgan fingerprint density at radius 2 is 1.79 bits per heavy atom. The van der Waals surface area contributed by atoms with Crippen molar-refractivity contribution in [3.63, 3.8) is 0 Å². The molecule has 0 radical (unpaired) electrons. The number of hydrogen-bond acceptors (Lipinski definition) is 4. The number of rotatable bonds is 7. The Kier molecular flexibility index (Phi) is 6.87. The predicted octanol–water partition coefficient (Wildman–Crippen LogP) is 4.26. The standard InChI is InChI=1S/C21H18Cl2FNO4/c22-10-9-18(20(27)13-1-5-16(24)6-2-13)29-21(28)14-11-19(26)25(12-14)17-7-3-15(23)4-8-17/h1-8,14,18H,9-12H2/t14-,18+/m1/s1. The van der Waals surface area contributed by atoms with Gasteiger partial charge in [0, 0.05) is 41.5 Å². The highest BCUT2D eigenvalue weighted by molar-refractivity contribution is 6.30. The zero-order valence-electron chi connectivity index (χ0n) is 15.3. The SMILES string of the molecule is O=C(O[C@@H](CCCl)C(=O)c1ccc(F)cc1)[C@@H]1CC(=O)N(c2ccc(Cl)cc2)C1. The van der Waals surface area contributed by atoms with E-state index in [0.29, 0.717) is 10.7 Å². The van der Waals surface area contributed by atoms with Crippen molar-refractivity contribution in [1.82, 2.24) is 0 Å². The third kappa shape index (κ3) is 5.14. The monoisotopic (exact) mass is 437 g/mol. The normalized spacial score (nSPS) is 17.3. The minimum Gasteiger partial charge on any atom is -0.454 e. The van der Waals surface area contributed by atoms with Gasteiger partial charge in [-0.25, -0.2) is 4.39 Å². The minimum atomic E-state index is -1.09. The molecule has 2 aromatic carbocycles. The van der Waals surface area contributed by atoms with Crippen LogP contribution in [0.2, 0.25) is 5.02 Å². The van der Waals surface area contributed by atoms with Crippen molar-refractivity contribution in [2.45, 2.75) is 18.9 Å². The molecule has 8 heteroatoms. The second kappa shape index (κ2) is 9.37. The average Bonchev–Trinajstić information content (AvgIpc) is 3.10. The molecule has 5 nitrogen and oxygen atoms in total. The van der Waals surface area contributed by atoms with E-state index in [1.54, 1.807) is 24.3 Å². The second-order valence-electron chi connectivity index (χ2n) is 6.66. The Labute approximate surface area is 177 Å². The van der Waals surface area contributed by atoms with Gasteiger partial charge in [-0.3, -0.25) is 14.4 Å². The second-order valence-corrected chi connectivity index (χ2v) is 7.47. The van der Waals surface area contributed by atoms with Gasteiger partial charge in [0.05, 0.1) is 5.92 Å². The molecule has 0 saturated carbocycles. The molecule has 2 atom stereocenters. The molecule has 0 unspecified atom stereocenters. The number of carbonyl (C=O) groups is 3. The molecule has 152 valence electrons. The summed E-state index contributed by atoms with van der Waals surface area (Å²) in [4.78, 5) is 39.1. The lowest BCUT2D eigenvalue weighted by atomic mass is 10.0. The maximum absolute atomic E-state index is 13.1. The van der Waals surface area contributed by atoms with Gasteiger partial charge in [-0.2, -0.15) is 0 Å². The van der Waals surface area contributed by atoms with Crippen LogP contribution in [-0.4, -0.2) is 36.2 Å². The number of esters is 1. The van der Waals surface area contributed by atoms with E-state index >= 15 is 0 Å². The lowest BCUT2D eigenvalue weighted by Gasteiger charge is -2.19. The number of Topliss-reactive ketones (excluding diaryl/α,β-unsaturated/α-hetero) is 1. The van der Waals surface area contributed by atoms with Crippen LogP contribution < -0.4 is 4.90 Å². The molecule has 0 bridgehead atoms. The molecule has 1 aliphatic rings. The lowest BCUT2D eigenvalue weighted by Crippen LogP contribution is -2.32. The van der Waals surface area contributed by atoms with Gasteiger partial charge < -0.3 is 9.64 Å². The zero-order valence-corrected chi connectivity index (χ0v) is 16.8. The number of alkyl halides is 1. The van der Waals surface area contributed by atoms with Crippen molar-refractivity contribution in [3.8, 4) is 0 Å². The van der Waals surface area contributed by atoms with Crippen molar-refractivity contribution in [2.24, 2.45) is 5.92 Å². The van der Waals surface area contributed by atoms with Gasteiger partial charge >= 0.3 is 5.97 Å². The first-order valence-corrected chi connectivity index (χ1v) is 9.92. The molecule has 1 fully saturated rings. The van der Waals surface area contributed by atoms with E-state index in [1.807, 2.05) is 0 Å². The molecular formula is C21H18Cl2FNO4. The summed E-state index contributed by atoms with van der Waals surface area (Å²) in [5.74, 6) is -2.38. The van der Waals surface area contributed by atoms with Crippen LogP contribution in [0.15, 0.2) is 48.5 Å². The fourth-order valence-electron chi connectivity index (χ4n) is 3.12. The summed E-state index contributed by atoms with van der Waals surface area (Å²) in [6.07, 6.45) is -0.990. The highest BCUT2D eigenvalue weighted by atomic mass is 35.5. The van der Waals surface area contributed by atoms with E-state index < -0.39 is 29.6 Å². The van der Waals surface area contributed by atoms with Gasteiger partial charge in [0.15, 0.2) is 6.10 Å². The quantitative estimate of drug-likeness (QED) is 0.368. The van der Waals surface area contributed by atoms with Crippen LogP contribution >= 0.6 is 23.2 Å². The van der Waals surface area contributed by atoms with Gasteiger partial charge in [0.2, 0.25) is 11.7 Å². The summed E-state index contributed by atoms with van der Waals surface area (Å²) in [6, 6.07) is 11.7. The van der Waals surface area contributed by atoms with Crippen molar-refractivity contribution in [2.75, 3.05) is 17.3 Å². The minimum absolute atomic E-state index is 0.0141. The number of benzene rings is 2. The van der Waals surface area contributed by atoms with Gasteiger partial charge in [-0.1, -0.05) is 11.6 Å². The van der Waals surface area contributed by atoms with Crippen molar-refractivity contribution < 1.29 is 23.5 Å². The van der Waals surface area contributed by atoms with E-state index in [4.69, 9.17) is 27.9 Å². The molecule has 1 amide bonds. The van der Waals surface area contributed by atoms with E-state index in [9.17, 15) is 18.8 Å². The van der Waals surface area contributed by atoms with Crippen LogP contribution in [0.4, 0.5) is 10.1 Å². The first-order chi connectivity index (χ1) is 13.9. The van der Waals surface area contributed by atoms with Crippen molar-refractivity contribution in [1.29, 1.82) is 0 Å². The summed E-state index contributed by atoms with van der Waals surface area (Å²) in [6.45, 7) is 0.150. The predicted molar refractivity (Wildman–Crippen MR) is 108 cm³/mol. The third-order valence-electron chi connectivity index (χ3n) is 4.65. The molecular weight excluding hydrogens is 420 g/mol. The first-order valence-electron chi connectivity index (χ1n) is 9.01. The number of nitrogens with zero attached hydrogens (tertiary/aromatic N) is 1. The summed E-state index contributed by atoms with van der Waals surface area (Å²) < 4.78 is 18.5. The van der Waals surface area contributed by atoms with Crippen LogP contribution in [-0.2, 0) is 14.3 Å². The Bertz CT molecular complexity index is 902. The van der Waals surface area contributed by atoms with Crippen LogP contribution in [0, 0.1) is 11.7 Å². The maximum Gasteiger partial charge on any atom is 0.312 e. The maximum atomic E-state index is 13.1. The molecule has 2 aromatic rings. The zero-order chi connectivity index (χ0) is 21.0. The van der Waals surface area contributed by atoms with Crippen LogP contribution in [0.3, 0.4) is 0 Å². The highest BCUT2D eigenvalue weighted by Crippen LogP contribution is 2.27. The van der Waals surface area contributed by atoms with Crippen LogP contribution in [0.1, 0.15) is 23.2 Å². The molecule has 1 saturated heterocycles. The van der Waals surface area contributed by atoms with E-state index in [2.05, 4.69) is 0 Å². The smallest absolute Gasteiger partial charge is 0.312 e. The fraction of sp³-hybridized carbons (Fsp3) is 0.286. The number of amides is 1. The molecule has 1 heterocycles. The summed E-state index contributed by atoms with van der Waals surface area (Å²) in [5, 5.41) is 0.541. The summed E-state index contributed by atoms with van der Waals surface area (Å²) >= 11 is 11.6. The van der Waals surface area contributed by atoms with E-state index in [1.165, 1.54) is 17.0 Å². The Hall–Kier alpha value is -2.44. The molecule has 1 aliphatic heterocycles. The molecule has 0 N–H and O–H groups in total. The molecule has 0 aromatic heterocycles. The number of anilines is 1. The molecule has 3 rings (SSSR count). The Morgan fingerprint density at radius 3 is 2.41 bits per heavy atom. The number of ketones is 1. The highest BCUT2D eigenvalue weighted by Gasteiger charge is 2.38. The largest absolute Gasteiger partial charge is 0.454 e. The van der Waals surface area contributed by atoms with Gasteiger partial charge in [0.1, 0.15) is 5.82 Å². The molecule has 29 heavy (non-hydrogen) atoms.